The summed E-state index contributed by atoms with van der Waals surface area (Å²) in [5.74, 6) is 1.42. The van der Waals surface area contributed by atoms with Gasteiger partial charge in [0.05, 0.1) is 11.0 Å². The van der Waals surface area contributed by atoms with E-state index in [1.807, 2.05) is 17.1 Å². The number of nitrogens with one attached hydrogen (secondary N) is 1. The Bertz CT molecular complexity index is 907. The number of carbonyl (C=O) groups is 1. The third kappa shape index (κ3) is 2.75. The molecule has 2 atom stereocenters. The van der Waals surface area contributed by atoms with Crippen molar-refractivity contribution in [2.45, 2.75) is 57.9 Å². The van der Waals surface area contributed by atoms with E-state index >= 15 is 0 Å². The highest BCUT2D eigenvalue weighted by Crippen LogP contribution is 2.64. The van der Waals surface area contributed by atoms with Crippen molar-refractivity contribution in [2.24, 2.45) is 17.3 Å². The van der Waals surface area contributed by atoms with E-state index in [0.717, 1.165) is 43.4 Å². The maximum absolute atomic E-state index is 13.5. The molecule has 6 rings (SSSR count). The number of amides is 1. The normalized spacial score (nSPS) is 34.0. The van der Waals surface area contributed by atoms with Crippen LogP contribution in [0.25, 0.3) is 0 Å². The van der Waals surface area contributed by atoms with E-state index in [4.69, 9.17) is 0 Å². The van der Waals surface area contributed by atoms with Gasteiger partial charge in [0.15, 0.2) is 0 Å². The number of halogens is 1. The summed E-state index contributed by atoms with van der Waals surface area (Å²) in [4.78, 5) is 17.8. The molecule has 4 fully saturated rings. The fourth-order valence-electron chi connectivity index (χ4n) is 6.43. The van der Waals surface area contributed by atoms with Gasteiger partial charge >= 0.3 is 0 Å². The van der Waals surface area contributed by atoms with Gasteiger partial charge < -0.3 is 5.32 Å². The summed E-state index contributed by atoms with van der Waals surface area (Å²) < 4.78 is 2.68. The molecule has 0 spiro atoms. The van der Waals surface area contributed by atoms with Gasteiger partial charge in [-0.25, -0.2) is 9.67 Å². The molecular formula is C21H25BrN4O. The maximum Gasteiger partial charge on any atom is 0.230 e. The van der Waals surface area contributed by atoms with E-state index in [2.05, 4.69) is 57.3 Å². The third-order valence-corrected chi connectivity index (χ3v) is 7.46. The Balaban J connectivity index is 1.47. The van der Waals surface area contributed by atoms with Crippen molar-refractivity contribution in [3.05, 3.63) is 40.4 Å². The number of carbonyl (C=O) groups excluding carboxylic acids is 1. The Labute approximate surface area is 168 Å². The molecule has 0 saturated heterocycles. The highest BCUT2D eigenvalue weighted by atomic mass is 79.9. The SMILES string of the molecule is Cc1ccc(NC(=O)C23CC4CC(C2)CC(n2cnc(Br)n2)(C4)C3)c(C)c1. The Hall–Kier alpha value is -1.69. The van der Waals surface area contributed by atoms with Gasteiger partial charge in [-0.2, -0.15) is 0 Å². The predicted octanol–water partition coefficient (Wildman–Crippen LogP) is 4.59. The molecule has 1 aromatic carbocycles. The number of anilines is 1. The van der Waals surface area contributed by atoms with Crippen LogP contribution in [-0.2, 0) is 10.3 Å². The second-order valence-corrected chi connectivity index (χ2v) is 9.91. The van der Waals surface area contributed by atoms with E-state index in [-0.39, 0.29) is 16.9 Å². The molecule has 27 heavy (non-hydrogen) atoms. The summed E-state index contributed by atoms with van der Waals surface area (Å²) in [6.07, 6.45) is 8.24. The number of aryl methyl sites for hydroxylation is 2. The molecule has 4 bridgehead atoms. The van der Waals surface area contributed by atoms with E-state index in [0.29, 0.717) is 16.6 Å². The van der Waals surface area contributed by atoms with Crippen LogP contribution in [0.1, 0.15) is 49.7 Å². The molecule has 5 nitrogen and oxygen atoms in total. The minimum atomic E-state index is -0.278. The topological polar surface area (TPSA) is 59.8 Å². The Morgan fingerprint density at radius 3 is 2.59 bits per heavy atom. The second kappa shape index (κ2) is 5.90. The van der Waals surface area contributed by atoms with Crippen molar-refractivity contribution in [3.8, 4) is 0 Å². The molecule has 2 unspecified atom stereocenters. The largest absolute Gasteiger partial charge is 0.325 e. The van der Waals surface area contributed by atoms with Crippen LogP contribution < -0.4 is 5.32 Å². The van der Waals surface area contributed by atoms with Gasteiger partial charge in [-0.15, -0.1) is 5.10 Å². The number of nitrogens with zero attached hydrogens (tertiary/aromatic N) is 3. The Morgan fingerprint density at radius 1 is 1.22 bits per heavy atom. The van der Waals surface area contributed by atoms with Crippen molar-refractivity contribution in [1.29, 1.82) is 0 Å². The molecular weight excluding hydrogens is 404 g/mol. The highest BCUT2D eigenvalue weighted by Gasteiger charge is 2.61. The smallest absolute Gasteiger partial charge is 0.230 e. The quantitative estimate of drug-likeness (QED) is 0.777. The van der Waals surface area contributed by atoms with Crippen molar-refractivity contribution in [2.75, 3.05) is 5.32 Å². The average molecular weight is 429 g/mol. The van der Waals surface area contributed by atoms with Gasteiger partial charge in [0, 0.05) is 5.69 Å². The first kappa shape index (κ1) is 17.4. The molecule has 142 valence electrons. The molecule has 1 N–H and O–H groups in total. The first-order valence-corrected chi connectivity index (χ1v) is 10.6. The summed E-state index contributed by atoms with van der Waals surface area (Å²) in [5, 5.41) is 7.86. The molecule has 4 saturated carbocycles. The van der Waals surface area contributed by atoms with Crippen molar-refractivity contribution in [3.63, 3.8) is 0 Å². The molecule has 0 radical (unpaired) electrons. The lowest BCUT2D eigenvalue weighted by atomic mass is 9.46. The zero-order valence-corrected chi connectivity index (χ0v) is 17.4. The fraction of sp³-hybridized carbons (Fsp3) is 0.571. The van der Waals surface area contributed by atoms with E-state index in [9.17, 15) is 4.79 Å². The Kier molecular flexibility index (Phi) is 3.81. The molecule has 1 heterocycles. The van der Waals surface area contributed by atoms with Gasteiger partial charge in [-0.3, -0.25) is 4.79 Å². The van der Waals surface area contributed by atoms with Crippen LogP contribution in [0.5, 0.6) is 0 Å². The second-order valence-electron chi connectivity index (χ2n) is 9.20. The maximum atomic E-state index is 13.5. The predicted molar refractivity (Wildman–Crippen MR) is 107 cm³/mol. The number of benzene rings is 1. The number of rotatable bonds is 3. The van der Waals surface area contributed by atoms with Crippen LogP contribution in [0.15, 0.2) is 29.3 Å². The zero-order chi connectivity index (χ0) is 18.8. The van der Waals surface area contributed by atoms with Crippen molar-refractivity contribution in [1.82, 2.24) is 14.8 Å². The lowest BCUT2D eigenvalue weighted by Crippen LogP contribution is -2.60. The molecule has 4 aliphatic rings. The lowest BCUT2D eigenvalue weighted by Gasteiger charge is -2.60. The van der Waals surface area contributed by atoms with Crippen LogP contribution >= 0.6 is 15.9 Å². The zero-order valence-electron chi connectivity index (χ0n) is 15.8. The summed E-state index contributed by atoms with van der Waals surface area (Å²) in [6.45, 7) is 4.15. The van der Waals surface area contributed by atoms with Gasteiger partial charge in [-0.1, -0.05) is 17.7 Å². The molecule has 4 aliphatic carbocycles. The monoisotopic (exact) mass is 428 g/mol. The third-order valence-electron chi connectivity index (χ3n) is 7.09. The summed E-state index contributed by atoms with van der Waals surface area (Å²) in [7, 11) is 0. The summed E-state index contributed by atoms with van der Waals surface area (Å²) >= 11 is 3.39. The highest BCUT2D eigenvalue weighted by molar-refractivity contribution is 9.10. The molecule has 0 aliphatic heterocycles. The molecule has 1 amide bonds. The van der Waals surface area contributed by atoms with Crippen LogP contribution in [0.4, 0.5) is 5.69 Å². The average Bonchev–Trinajstić information content (AvgIpc) is 3.03. The molecule has 6 heteroatoms. The summed E-state index contributed by atoms with van der Waals surface area (Å²) in [5.41, 5.74) is 2.96. The number of hydrogen-bond donors (Lipinski definition) is 1. The summed E-state index contributed by atoms with van der Waals surface area (Å²) in [6, 6.07) is 6.23. The van der Waals surface area contributed by atoms with Gasteiger partial charge in [0.2, 0.25) is 10.6 Å². The van der Waals surface area contributed by atoms with E-state index in [1.165, 1.54) is 12.0 Å². The van der Waals surface area contributed by atoms with Crippen LogP contribution in [0.2, 0.25) is 0 Å². The fourth-order valence-corrected chi connectivity index (χ4v) is 6.69. The molecule has 2 aromatic rings. The van der Waals surface area contributed by atoms with Gasteiger partial charge in [0.1, 0.15) is 6.33 Å². The molecule has 1 aromatic heterocycles. The van der Waals surface area contributed by atoms with Crippen molar-refractivity contribution >= 4 is 27.5 Å². The van der Waals surface area contributed by atoms with Crippen LogP contribution in [0.3, 0.4) is 0 Å². The van der Waals surface area contributed by atoms with Gasteiger partial charge in [0.25, 0.3) is 0 Å². The van der Waals surface area contributed by atoms with Crippen LogP contribution in [-0.4, -0.2) is 20.7 Å². The number of hydrogen-bond acceptors (Lipinski definition) is 3. The number of aromatic nitrogens is 3. The Morgan fingerprint density at radius 2 is 1.96 bits per heavy atom. The van der Waals surface area contributed by atoms with E-state index in [1.54, 1.807) is 0 Å². The standard InChI is InChI=1S/C21H25BrN4O/c1-13-3-4-17(14(2)5-13)24-18(27)20-7-15-6-16(8-20)10-21(9-15,11-20)26-12-23-19(22)25-26/h3-5,12,15-16H,6-11H2,1-2H3,(H,24,27). The minimum absolute atomic E-state index is 0.0528. The van der Waals surface area contributed by atoms with E-state index < -0.39 is 0 Å². The lowest BCUT2D eigenvalue weighted by molar-refractivity contribution is -0.150. The van der Waals surface area contributed by atoms with Crippen LogP contribution in [0, 0.1) is 31.1 Å². The minimum Gasteiger partial charge on any atom is -0.325 e. The van der Waals surface area contributed by atoms with Crippen molar-refractivity contribution < 1.29 is 4.79 Å². The van der Waals surface area contributed by atoms with Gasteiger partial charge in [-0.05, 0) is 91.8 Å². The first-order valence-electron chi connectivity index (χ1n) is 9.84. The first-order chi connectivity index (χ1) is 12.9.